The number of nitrogens with one attached hydrogen (secondary N) is 5. The summed E-state index contributed by atoms with van der Waals surface area (Å²) >= 11 is 5.89. The zero-order valence-electron chi connectivity index (χ0n) is 27.9. The first-order valence-corrected chi connectivity index (χ1v) is 16.5. The van der Waals surface area contributed by atoms with Crippen LogP contribution >= 0.6 is 11.6 Å². The van der Waals surface area contributed by atoms with E-state index in [1.807, 2.05) is 51.1 Å². The number of unbranched alkanes of at least 4 members (excludes halogenated alkanes) is 1. The molecule has 0 radical (unpaired) electrons. The predicted molar refractivity (Wildman–Crippen MR) is 183 cm³/mol. The first-order chi connectivity index (χ1) is 23.6. The molecule has 1 heterocycles. The van der Waals surface area contributed by atoms with Gasteiger partial charge in [0.15, 0.2) is 12.9 Å². The van der Waals surface area contributed by atoms with E-state index in [2.05, 4.69) is 31.7 Å². The van der Waals surface area contributed by atoms with Crippen molar-refractivity contribution in [1.29, 1.82) is 0 Å². The van der Waals surface area contributed by atoms with Crippen molar-refractivity contribution in [2.24, 2.45) is 5.92 Å². The summed E-state index contributed by atoms with van der Waals surface area (Å²) in [6.45, 7) is 6.22. The van der Waals surface area contributed by atoms with Gasteiger partial charge in [0.1, 0.15) is 6.04 Å². The van der Waals surface area contributed by atoms with E-state index in [1.54, 1.807) is 30.5 Å². The maximum absolute atomic E-state index is 14.0. The number of aromatic nitrogens is 1. The number of carbonyl (C=O) groups is 4. The molecule has 3 atom stereocenters. The van der Waals surface area contributed by atoms with Crippen LogP contribution in [-0.2, 0) is 30.4 Å². The number of hydrogen-bond donors (Lipinski definition) is 6. The molecule has 1 unspecified atom stereocenters. The van der Waals surface area contributed by atoms with Crippen LogP contribution in [0.15, 0.2) is 60.8 Å². The first-order valence-electron chi connectivity index (χ1n) is 16.2. The van der Waals surface area contributed by atoms with E-state index in [9.17, 15) is 19.2 Å². The molecule has 0 fully saturated rings. The first kappa shape index (κ1) is 38.9. The summed E-state index contributed by atoms with van der Waals surface area (Å²) in [5.74, 6) is -1.52. The molecule has 3 rings (SSSR count). The highest BCUT2D eigenvalue weighted by Crippen LogP contribution is 2.31. The third-order valence-corrected chi connectivity index (χ3v) is 7.75. The van der Waals surface area contributed by atoms with Crippen LogP contribution in [0.2, 0.25) is 5.02 Å². The standard InChI is InChI=1S/C34H45ClN6O8/c1-4-47-32(48-5-2)22(3)29(26-12-8-10-24-11-9-19-36-30(24)26)40-31(43)27(13-6-7-18-37-34(45)46)39-28(42)21-49-41-33(44)38-20-23-14-16-25(35)17-15-23/h8-12,14-17,19,22,27,29,32,37H,4-7,13,18,20-21H2,1-3H3,(H,39,42)(H,40,43)(H,45,46)(H2,38,41,44)/t22-,27-,29?/m0/s1. The van der Waals surface area contributed by atoms with Gasteiger partial charge in [-0.05, 0) is 56.9 Å². The van der Waals surface area contributed by atoms with Gasteiger partial charge in [0.2, 0.25) is 11.8 Å². The molecule has 0 saturated carbocycles. The Kier molecular flexibility index (Phi) is 16.5. The van der Waals surface area contributed by atoms with Gasteiger partial charge in [0, 0.05) is 54.4 Å². The average molecular weight is 701 g/mol. The zero-order valence-corrected chi connectivity index (χ0v) is 28.6. The van der Waals surface area contributed by atoms with E-state index >= 15 is 0 Å². The van der Waals surface area contributed by atoms with Gasteiger partial charge in [-0.3, -0.25) is 19.4 Å². The van der Waals surface area contributed by atoms with Crippen LogP contribution in [0.5, 0.6) is 0 Å². The number of pyridine rings is 1. The second kappa shape index (κ2) is 20.8. The Balaban J connectivity index is 1.73. The SMILES string of the molecule is CCOC(OCC)[C@@H](C)C(NC(=O)[C@H](CCCCNC(=O)O)NC(=O)CONC(=O)NCc1ccc(Cl)cc1)c1cccc2cccnc12. The van der Waals surface area contributed by atoms with Crippen molar-refractivity contribution in [3.8, 4) is 0 Å². The van der Waals surface area contributed by atoms with Crippen LogP contribution in [0.4, 0.5) is 9.59 Å². The lowest BCUT2D eigenvalue weighted by molar-refractivity contribution is -0.170. The molecule has 5 amide bonds. The molecule has 0 aliphatic carbocycles. The molecule has 1 aromatic heterocycles. The Morgan fingerprint density at radius 2 is 1.63 bits per heavy atom. The average Bonchev–Trinajstić information content (AvgIpc) is 3.09. The van der Waals surface area contributed by atoms with Crippen molar-refractivity contribution in [1.82, 2.24) is 31.7 Å². The number of hydrogen-bond acceptors (Lipinski definition) is 8. The highest BCUT2D eigenvalue weighted by molar-refractivity contribution is 6.30. The van der Waals surface area contributed by atoms with E-state index in [4.69, 9.17) is 31.0 Å². The zero-order chi connectivity index (χ0) is 35.6. The molecule has 0 saturated heterocycles. The number of rotatable bonds is 20. The topological polar surface area (TPSA) is 189 Å². The highest BCUT2D eigenvalue weighted by atomic mass is 35.5. The van der Waals surface area contributed by atoms with Crippen molar-refractivity contribution in [2.75, 3.05) is 26.4 Å². The number of hydroxylamine groups is 1. The number of halogens is 1. The second-order valence-corrected chi connectivity index (χ2v) is 11.5. The van der Waals surface area contributed by atoms with E-state index < -0.39 is 48.9 Å². The van der Waals surface area contributed by atoms with Crippen molar-refractivity contribution in [3.63, 3.8) is 0 Å². The lowest BCUT2D eigenvalue weighted by atomic mass is 9.91. The molecule has 14 nitrogen and oxygen atoms in total. The second-order valence-electron chi connectivity index (χ2n) is 11.1. The molecule has 2 aromatic carbocycles. The third-order valence-electron chi connectivity index (χ3n) is 7.50. The molecule has 6 N–H and O–H groups in total. The van der Waals surface area contributed by atoms with Crippen molar-refractivity contribution in [2.45, 2.75) is 65.0 Å². The van der Waals surface area contributed by atoms with Gasteiger partial charge in [-0.25, -0.2) is 15.1 Å². The van der Waals surface area contributed by atoms with E-state index in [-0.39, 0.29) is 25.4 Å². The van der Waals surface area contributed by atoms with E-state index in [0.717, 1.165) is 16.5 Å². The number of benzene rings is 2. The van der Waals surface area contributed by atoms with E-state index in [0.29, 0.717) is 36.6 Å². The Hall–Kier alpha value is -4.50. The Bertz CT molecular complexity index is 1500. The van der Waals surface area contributed by atoms with Crippen LogP contribution in [-0.4, -0.2) is 72.7 Å². The molecular formula is C34H45ClN6O8. The summed E-state index contributed by atoms with van der Waals surface area (Å²) in [4.78, 5) is 59.6. The van der Waals surface area contributed by atoms with Crippen LogP contribution in [0.1, 0.15) is 57.2 Å². The summed E-state index contributed by atoms with van der Waals surface area (Å²) in [7, 11) is 0. The summed E-state index contributed by atoms with van der Waals surface area (Å²) in [6, 6.07) is 14.1. The lowest BCUT2D eigenvalue weighted by Crippen LogP contribution is -2.51. The van der Waals surface area contributed by atoms with Crippen molar-refractivity contribution >= 4 is 46.4 Å². The molecule has 3 aromatic rings. The Morgan fingerprint density at radius 1 is 0.918 bits per heavy atom. The molecule has 15 heteroatoms. The van der Waals surface area contributed by atoms with Gasteiger partial charge in [0.25, 0.3) is 0 Å². The number of carbonyl (C=O) groups excluding carboxylic acids is 3. The summed E-state index contributed by atoms with van der Waals surface area (Å²) in [6.07, 6.45) is 0.924. The van der Waals surface area contributed by atoms with Crippen LogP contribution in [0.3, 0.4) is 0 Å². The largest absolute Gasteiger partial charge is 0.465 e. The lowest BCUT2D eigenvalue weighted by Gasteiger charge is -2.33. The third kappa shape index (κ3) is 13.1. The number of amides is 5. The fraction of sp³-hybridized carbons (Fsp3) is 0.441. The monoisotopic (exact) mass is 700 g/mol. The molecule has 0 aliphatic heterocycles. The maximum atomic E-state index is 14.0. The fourth-order valence-corrected chi connectivity index (χ4v) is 5.25. The van der Waals surface area contributed by atoms with Gasteiger partial charge < -0.3 is 35.8 Å². The van der Waals surface area contributed by atoms with Gasteiger partial charge in [0.05, 0.1) is 11.6 Å². The van der Waals surface area contributed by atoms with Gasteiger partial charge in [-0.15, -0.1) is 0 Å². The van der Waals surface area contributed by atoms with Crippen molar-refractivity contribution < 1.29 is 38.6 Å². The Labute approximate surface area is 290 Å². The number of urea groups is 1. The quantitative estimate of drug-likeness (QED) is 0.0563. The Morgan fingerprint density at radius 3 is 2.33 bits per heavy atom. The number of carboxylic acid groups (broad SMARTS) is 1. The van der Waals surface area contributed by atoms with Crippen LogP contribution < -0.4 is 26.7 Å². The molecule has 0 bridgehead atoms. The molecule has 0 aliphatic rings. The number of ether oxygens (including phenoxy) is 2. The summed E-state index contributed by atoms with van der Waals surface area (Å²) in [5.41, 5.74) is 4.41. The maximum Gasteiger partial charge on any atom is 0.404 e. The smallest absolute Gasteiger partial charge is 0.404 e. The van der Waals surface area contributed by atoms with Crippen LogP contribution in [0.25, 0.3) is 10.9 Å². The van der Waals surface area contributed by atoms with Crippen LogP contribution in [0, 0.1) is 5.92 Å². The highest BCUT2D eigenvalue weighted by Gasteiger charge is 2.33. The summed E-state index contributed by atoms with van der Waals surface area (Å²) in [5, 5.41) is 21.0. The minimum absolute atomic E-state index is 0.182. The number of para-hydroxylation sites is 1. The van der Waals surface area contributed by atoms with Gasteiger partial charge >= 0.3 is 12.1 Å². The number of fused-ring (bicyclic) bond motifs is 1. The molecule has 49 heavy (non-hydrogen) atoms. The predicted octanol–water partition coefficient (Wildman–Crippen LogP) is 4.43. The minimum atomic E-state index is -1.15. The summed E-state index contributed by atoms with van der Waals surface area (Å²) < 4.78 is 11.8. The fourth-order valence-electron chi connectivity index (χ4n) is 5.12. The number of nitrogens with zero attached hydrogens (tertiary/aromatic N) is 1. The molecule has 266 valence electrons. The van der Waals surface area contributed by atoms with Crippen molar-refractivity contribution in [3.05, 3.63) is 76.9 Å². The molecule has 0 spiro atoms. The van der Waals surface area contributed by atoms with E-state index in [1.165, 1.54) is 0 Å². The van der Waals surface area contributed by atoms with Gasteiger partial charge in [-0.1, -0.05) is 54.9 Å². The normalized spacial score (nSPS) is 12.9. The van der Waals surface area contributed by atoms with Gasteiger partial charge in [-0.2, -0.15) is 0 Å². The molecular weight excluding hydrogens is 656 g/mol. The minimum Gasteiger partial charge on any atom is -0.465 e.